The zero-order valence-corrected chi connectivity index (χ0v) is 12.6. The summed E-state index contributed by atoms with van der Waals surface area (Å²) in [5.74, 6) is 0.244. The second kappa shape index (κ2) is 7.22. The molecule has 19 heavy (non-hydrogen) atoms. The first-order chi connectivity index (χ1) is 8.90. The van der Waals surface area contributed by atoms with Gasteiger partial charge in [-0.1, -0.05) is 0 Å². The van der Waals surface area contributed by atoms with Gasteiger partial charge in [-0.05, 0) is 45.6 Å². The maximum atomic E-state index is 11.6. The highest BCUT2D eigenvalue weighted by Gasteiger charge is 2.34. The van der Waals surface area contributed by atoms with E-state index < -0.39 is 5.54 Å². The van der Waals surface area contributed by atoms with Crippen molar-refractivity contribution in [2.75, 3.05) is 33.9 Å². The van der Waals surface area contributed by atoms with Gasteiger partial charge in [0.15, 0.2) is 0 Å². The quantitative estimate of drug-likeness (QED) is 0.731. The molecule has 5 nitrogen and oxygen atoms in total. The summed E-state index contributed by atoms with van der Waals surface area (Å²) in [6.07, 6.45) is 3.01. The molecule has 1 heterocycles. The minimum absolute atomic E-state index is 0.272. The Morgan fingerprint density at radius 2 is 2.21 bits per heavy atom. The third kappa shape index (κ3) is 4.75. The fourth-order valence-electron chi connectivity index (χ4n) is 2.93. The smallest absolute Gasteiger partial charge is 0.325 e. The average Bonchev–Trinajstić information content (AvgIpc) is 2.38. The van der Waals surface area contributed by atoms with Crippen LogP contribution in [0.2, 0.25) is 0 Å². The summed E-state index contributed by atoms with van der Waals surface area (Å²) < 4.78 is 10.0. The van der Waals surface area contributed by atoms with Gasteiger partial charge in [-0.3, -0.25) is 4.79 Å². The molecule has 3 unspecified atom stereocenters. The number of likely N-dealkylation sites (tertiary alicyclic amines) is 1. The number of methoxy groups -OCH3 is 2. The average molecular weight is 272 g/mol. The van der Waals surface area contributed by atoms with Crippen LogP contribution in [0.15, 0.2) is 0 Å². The van der Waals surface area contributed by atoms with Crippen molar-refractivity contribution in [3.05, 3.63) is 0 Å². The molecular weight excluding hydrogens is 244 g/mol. The van der Waals surface area contributed by atoms with Crippen LogP contribution in [0.4, 0.5) is 0 Å². The highest BCUT2D eigenvalue weighted by Crippen LogP contribution is 2.22. The van der Waals surface area contributed by atoms with Crippen LogP contribution in [-0.2, 0) is 14.3 Å². The first kappa shape index (κ1) is 16.4. The number of carbonyl (C=O) groups excluding carboxylic acids is 1. The molecular formula is C14H28N2O3. The molecule has 0 aromatic carbocycles. The molecule has 1 fully saturated rings. The fourth-order valence-corrected chi connectivity index (χ4v) is 2.93. The lowest BCUT2D eigenvalue weighted by Gasteiger charge is -2.38. The van der Waals surface area contributed by atoms with Crippen molar-refractivity contribution in [2.45, 2.75) is 44.7 Å². The maximum Gasteiger partial charge on any atom is 0.325 e. The molecule has 0 aromatic rings. The molecule has 0 bridgehead atoms. The lowest BCUT2D eigenvalue weighted by molar-refractivity contribution is -0.147. The Hall–Kier alpha value is -0.650. The molecule has 0 spiro atoms. The Morgan fingerprint density at radius 3 is 2.79 bits per heavy atom. The van der Waals surface area contributed by atoms with E-state index in [9.17, 15) is 4.79 Å². The van der Waals surface area contributed by atoms with Crippen LogP contribution in [0.25, 0.3) is 0 Å². The van der Waals surface area contributed by atoms with E-state index in [4.69, 9.17) is 15.2 Å². The highest BCUT2D eigenvalue weighted by atomic mass is 16.5. The Morgan fingerprint density at radius 1 is 1.53 bits per heavy atom. The van der Waals surface area contributed by atoms with E-state index in [1.807, 2.05) is 0 Å². The van der Waals surface area contributed by atoms with E-state index >= 15 is 0 Å². The fraction of sp³-hybridized carbons (Fsp3) is 0.929. The third-order valence-electron chi connectivity index (χ3n) is 3.95. The number of hydrogen-bond donors (Lipinski definition) is 1. The molecule has 1 rings (SSSR count). The van der Waals surface area contributed by atoms with Gasteiger partial charge in [0.2, 0.25) is 0 Å². The van der Waals surface area contributed by atoms with E-state index in [1.165, 1.54) is 20.0 Å². The first-order valence-electron chi connectivity index (χ1n) is 7.01. The van der Waals surface area contributed by atoms with Crippen molar-refractivity contribution >= 4 is 5.97 Å². The van der Waals surface area contributed by atoms with Crippen molar-refractivity contribution in [1.82, 2.24) is 4.90 Å². The Labute approximate surface area is 116 Å². The second-order valence-corrected chi connectivity index (χ2v) is 5.92. The summed E-state index contributed by atoms with van der Waals surface area (Å²) in [5, 5.41) is 0. The number of esters is 1. The van der Waals surface area contributed by atoms with Gasteiger partial charge in [-0.2, -0.15) is 0 Å². The summed E-state index contributed by atoms with van der Waals surface area (Å²) in [6, 6.07) is 0.272. The first-order valence-corrected chi connectivity index (χ1v) is 7.01. The van der Waals surface area contributed by atoms with Crippen LogP contribution in [-0.4, -0.2) is 56.4 Å². The number of hydrogen-bond acceptors (Lipinski definition) is 5. The summed E-state index contributed by atoms with van der Waals surface area (Å²) in [4.78, 5) is 14.0. The van der Waals surface area contributed by atoms with Crippen molar-refractivity contribution in [1.29, 1.82) is 0 Å². The summed E-state index contributed by atoms with van der Waals surface area (Å²) in [5.41, 5.74) is 5.13. The van der Waals surface area contributed by atoms with Gasteiger partial charge in [0.05, 0.1) is 13.7 Å². The zero-order valence-electron chi connectivity index (χ0n) is 12.6. The summed E-state index contributed by atoms with van der Waals surface area (Å²) in [7, 11) is 3.13. The highest BCUT2D eigenvalue weighted by molar-refractivity contribution is 5.79. The Balaban J connectivity index is 2.52. The number of ether oxygens (including phenoxy) is 2. The lowest BCUT2D eigenvalue weighted by Crippen LogP contribution is -2.52. The van der Waals surface area contributed by atoms with Gasteiger partial charge in [-0.25, -0.2) is 0 Å². The minimum Gasteiger partial charge on any atom is -0.468 e. The van der Waals surface area contributed by atoms with Gasteiger partial charge >= 0.3 is 5.97 Å². The van der Waals surface area contributed by atoms with Crippen LogP contribution in [0.1, 0.15) is 33.1 Å². The normalized spacial score (nSPS) is 25.6. The minimum atomic E-state index is -0.914. The van der Waals surface area contributed by atoms with Crippen LogP contribution in [0.5, 0.6) is 0 Å². The number of rotatable bonds is 6. The van der Waals surface area contributed by atoms with E-state index in [1.54, 1.807) is 14.0 Å². The van der Waals surface area contributed by atoms with Crippen molar-refractivity contribution in [3.8, 4) is 0 Å². The maximum absolute atomic E-state index is 11.6. The summed E-state index contributed by atoms with van der Waals surface area (Å²) >= 11 is 0. The standard InChI is InChI=1S/C14H28N2O3/c1-11(8-14(2,15)13(17)19-4)16-7-5-6-12(9-16)10-18-3/h11-12H,5-10,15H2,1-4H3. The van der Waals surface area contributed by atoms with E-state index in [0.717, 1.165) is 19.7 Å². The van der Waals surface area contributed by atoms with E-state index in [0.29, 0.717) is 12.3 Å². The largest absolute Gasteiger partial charge is 0.468 e. The predicted molar refractivity (Wildman–Crippen MR) is 74.9 cm³/mol. The molecule has 1 aliphatic heterocycles. The topological polar surface area (TPSA) is 64.8 Å². The van der Waals surface area contributed by atoms with Gasteiger partial charge in [0.25, 0.3) is 0 Å². The molecule has 5 heteroatoms. The van der Waals surface area contributed by atoms with E-state index in [-0.39, 0.29) is 12.0 Å². The van der Waals surface area contributed by atoms with Gasteiger partial charge in [0, 0.05) is 19.7 Å². The second-order valence-electron chi connectivity index (χ2n) is 5.92. The van der Waals surface area contributed by atoms with Crippen molar-refractivity contribution in [2.24, 2.45) is 11.7 Å². The number of nitrogens with two attached hydrogens (primary N) is 1. The predicted octanol–water partition coefficient (Wildman–Crippen LogP) is 1.01. The van der Waals surface area contributed by atoms with Crippen LogP contribution >= 0.6 is 0 Å². The van der Waals surface area contributed by atoms with Gasteiger partial charge in [0.1, 0.15) is 5.54 Å². The van der Waals surface area contributed by atoms with E-state index in [2.05, 4.69) is 11.8 Å². The molecule has 0 saturated carbocycles. The summed E-state index contributed by atoms with van der Waals surface area (Å²) in [6.45, 7) is 6.76. The zero-order chi connectivity index (χ0) is 14.5. The SMILES string of the molecule is COCC1CCCN(C(C)CC(C)(N)C(=O)OC)C1. The molecule has 1 aliphatic rings. The number of nitrogens with zero attached hydrogens (tertiary/aromatic N) is 1. The van der Waals surface area contributed by atoms with Crippen molar-refractivity contribution in [3.63, 3.8) is 0 Å². The third-order valence-corrected chi connectivity index (χ3v) is 3.95. The molecule has 2 N–H and O–H groups in total. The molecule has 0 amide bonds. The van der Waals surface area contributed by atoms with Gasteiger partial charge in [-0.15, -0.1) is 0 Å². The Bertz CT molecular complexity index is 292. The van der Waals surface area contributed by atoms with Gasteiger partial charge < -0.3 is 20.1 Å². The van der Waals surface area contributed by atoms with Crippen LogP contribution < -0.4 is 5.73 Å². The molecule has 3 atom stereocenters. The molecule has 0 aromatic heterocycles. The van der Waals surface area contributed by atoms with Crippen LogP contribution in [0.3, 0.4) is 0 Å². The monoisotopic (exact) mass is 272 g/mol. The lowest BCUT2D eigenvalue weighted by atomic mass is 9.91. The molecule has 0 aliphatic carbocycles. The van der Waals surface area contributed by atoms with Crippen molar-refractivity contribution < 1.29 is 14.3 Å². The number of carbonyl (C=O) groups is 1. The molecule has 0 radical (unpaired) electrons. The van der Waals surface area contributed by atoms with Crippen LogP contribution in [0, 0.1) is 5.92 Å². The molecule has 112 valence electrons. The molecule has 1 saturated heterocycles. The Kier molecular flexibility index (Phi) is 6.23. The number of piperidine rings is 1.